The van der Waals surface area contributed by atoms with Crippen molar-refractivity contribution in [3.63, 3.8) is 0 Å². The third-order valence-electron chi connectivity index (χ3n) is 3.50. The molecule has 64 valence electrons. The number of likely N-dealkylation sites (tertiary alicyclic amines) is 1. The lowest BCUT2D eigenvalue weighted by Crippen LogP contribution is -2.29. The van der Waals surface area contributed by atoms with E-state index in [4.69, 9.17) is 0 Å². The molecular weight excluding hydrogens is 134 g/mol. The van der Waals surface area contributed by atoms with Crippen molar-refractivity contribution in [2.24, 2.45) is 5.92 Å². The van der Waals surface area contributed by atoms with Gasteiger partial charge >= 0.3 is 0 Å². The Balaban J connectivity index is 1.75. The summed E-state index contributed by atoms with van der Waals surface area (Å²) in [7, 11) is 2.29. The highest BCUT2D eigenvalue weighted by Gasteiger charge is 2.26. The minimum absolute atomic E-state index is 0.945. The Bertz CT molecular complexity index is 129. The van der Waals surface area contributed by atoms with E-state index < -0.39 is 0 Å². The monoisotopic (exact) mass is 153 g/mol. The molecule has 0 radical (unpaired) electrons. The highest BCUT2D eigenvalue weighted by atomic mass is 15.1. The molecule has 1 heterocycles. The highest BCUT2D eigenvalue weighted by molar-refractivity contribution is 4.81. The summed E-state index contributed by atoms with van der Waals surface area (Å²) in [6.07, 6.45) is 8.94. The van der Waals surface area contributed by atoms with E-state index in [2.05, 4.69) is 11.9 Å². The normalized spacial score (nSPS) is 34.1. The van der Waals surface area contributed by atoms with Crippen LogP contribution >= 0.6 is 0 Å². The molecule has 0 aromatic carbocycles. The quantitative estimate of drug-likeness (QED) is 0.588. The Labute approximate surface area is 69.8 Å². The predicted octanol–water partition coefficient (Wildman–Crippen LogP) is 2.27. The van der Waals surface area contributed by atoms with Crippen LogP contribution in [0.2, 0.25) is 0 Å². The molecule has 0 bridgehead atoms. The van der Waals surface area contributed by atoms with Gasteiger partial charge in [-0.05, 0) is 38.8 Å². The smallest absolute Gasteiger partial charge is 0.00953 e. The molecule has 1 heteroatoms. The Morgan fingerprint density at radius 1 is 1.18 bits per heavy atom. The van der Waals surface area contributed by atoms with Crippen LogP contribution in [0.3, 0.4) is 0 Å². The van der Waals surface area contributed by atoms with Crippen LogP contribution < -0.4 is 0 Å². The van der Waals surface area contributed by atoms with E-state index in [1.807, 2.05) is 0 Å². The predicted molar refractivity (Wildman–Crippen MR) is 47.6 cm³/mol. The standard InChI is InChI=1S/C10H19N/c1-11-7-3-6-10(11)8-9-4-2-5-9/h9-10H,2-8H2,1H3. The molecular formula is C10H19N. The maximum Gasteiger partial charge on any atom is 0.00953 e. The van der Waals surface area contributed by atoms with Gasteiger partial charge in [-0.3, -0.25) is 0 Å². The molecule has 0 spiro atoms. The van der Waals surface area contributed by atoms with Crippen LogP contribution in [0.25, 0.3) is 0 Å². The largest absolute Gasteiger partial charge is 0.303 e. The Hall–Kier alpha value is -0.0400. The summed E-state index contributed by atoms with van der Waals surface area (Å²) in [6, 6.07) is 0.945. The molecule has 11 heavy (non-hydrogen) atoms. The third kappa shape index (κ3) is 1.58. The van der Waals surface area contributed by atoms with Crippen molar-refractivity contribution >= 4 is 0 Å². The van der Waals surface area contributed by atoms with Gasteiger partial charge in [0.1, 0.15) is 0 Å². The van der Waals surface area contributed by atoms with Gasteiger partial charge in [-0.15, -0.1) is 0 Å². The number of hydrogen-bond donors (Lipinski definition) is 0. The van der Waals surface area contributed by atoms with Crippen molar-refractivity contribution in [1.29, 1.82) is 0 Å². The second-order valence-electron chi connectivity index (χ2n) is 4.31. The van der Waals surface area contributed by atoms with Gasteiger partial charge in [0.15, 0.2) is 0 Å². The molecule has 0 aromatic rings. The second-order valence-corrected chi connectivity index (χ2v) is 4.31. The first-order chi connectivity index (χ1) is 5.36. The van der Waals surface area contributed by atoms with Crippen LogP contribution in [-0.2, 0) is 0 Å². The lowest BCUT2D eigenvalue weighted by atomic mass is 9.80. The van der Waals surface area contributed by atoms with Crippen LogP contribution in [-0.4, -0.2) is 24.5 Å². The van der Waals surface area contributed by atoms with E-state index in [9.17, 15) is 0 Å². The van der Waals surface area contributed by atoms with Crippen molar-refractivity contribution in [2.75, 3.05) is 13.6 Å². The maximum absolute atomic E-state index is 2.55. The van der Waals surface area contributed by atoms with Gasteiger partial charge in [0.2, 0.25) is 0 Å². The third-order valence-corrected chi connectivity index (χ3v) is 3.50. The molecule has 1 aliphatic heterocycles. The molecule has 2 rings (SSSR count). The molecule has 0 aromatic heterocycles. The van der Waals surface area contributed by atoms with E-state index in [1.165, 1.54) is 45.1 Å². The number of nitrogens with zero attached hydrogens (tertiary/aromatic N) is 1. The summed E-state index contributed by atoms with van der Waals surface area (Å²) in [5.74, 6) is 1.10. The van der Waals surface area contributed by atoms with Gasteiger partial charge in [-0.2, -0.15) is 0 Å². The zero-order chi connectivity index (χ0) is 7.68. The van der Waals surface area contributed by atoms with Crippen LogP contribution in [0.4, 0.5) is 0 Å². The molecule has 1 unspecified atom stereocenters. The van der Waals surface area contributed by atoms with E-state index in [0.717, 1.165) is 12.0 Å². The van der Waals surface area contributed by atoms with Gasteiger partial charge < -0.3 is 4.90 Å². The van der Waals surface area contributed by atoms with Crippen molar-refractivity contribution in [1.82, 2.24) is 4.90 Å². The Kier molecular flexibility index (Phi) is 2.17. The van der Waals surface area contributed by atoms with Crippen LogP contribution in [0.5, 0.6) is 0 Å². The molecule has 1 atom stereocenters. The van der Waals surface area contributed by atoms with Crippen LogP contribution in [0.1, 0.15) is 38.5 Å². The Morgan fingerprint density at radius 2 is 2.00 bits per heavy atom. The van der Waals surface area contributed by atoms with E-state index in [0.29, 0.717) is 0 Å². The van der Waals surface area contributed by atoms with Crippen molar-refractivity contribution < 1.29 is 0 Å². The fourth-order valence-electron chi connectivity index (χ4n) is 2.39. The summed E-state index contributed by atoms with van der Waals surface area (Å²) >= 11 is 0. The minimum Gasteiger partial charge on any atom is -0.303 e. The SMILES string of the molecule is CN1CCCC1CC1CCC1. The fourth-order valence-corrected chi connectivity index (χ4v) is 2.39. The van der Waals surface area contributed by atoms with Crippen LogP contribution in [0, 0.1) is 5.92 Å². The second kappa shape index (κ2) is 3.14. The molecule has 1 saturated carbocycles. The zero-order valence-corrected chi connectivity index (χ0v) is 7.55. The molecule has 2 fully saturated rings. The lowest BCUT2D eigenvalue weighted by molar-refractivity contribution is 0.205. The first-order valence-electron chi connectivity index (χ1n) is 5.06. The summed E-state index contributed by atoms with van der Waals surface area (Å²) in [5, 5.41) is 0. The zero-order valence-electron chi connectivity index (χ0n) is 7.55. The van der Waals surface area contributed by atoms with Crippen molar-refractivity contribution in [3.8, 4) is 0 Å². The molecule has 0 N–H and O–H groups in total. The lowest BCUT2D eigenvalue weighted by Gasteiger charge is -2.30. The Morgan fingerprint density at radius 3 is 2.45 bits per heavy atom. The summed E-state index contributed by atoms with van der Waals surface area (Å²) < 4.78 is 0. The van der Waals surface area contributed by atoms with Gasteiger partial charge in [-0.25, -0.2) is 0 Å². The van der Waals surface area contributed by atoms with E-state index in [-0.39, 0.29) is 0 Å². The minimum atomic E-state index is 0.945. The molecule has 1 aliphatic carbocycles. The van der Waals surface area contributed by atoms with E-state index >= 15 is 0 Å². The molecule has 2 aliphatic rings. The van der Waals surface area contributed by atoms with E-state index in [1.54, 1.807) is 0 Å². The topological polar surface area (TPSA) is 3.24 Å². The summed E-state index contributed by atoms with van der Waals surface area (Å²) in [6.45, 7) is 1.34. The summed E-state index contributed by atoms with van der Waals surface area (Å²) in [5.41, 5.74) is 0. The molecule has 1 nitrogen and oxygen atoms in total. The molecule has 0 amide bonds. The van der Waals surface area contributed by atoms with Crippen molar-refractivity contribution in [3.05, 3.63) is 0 Å². The average molecular weight is 153 g/mol. The fraction of sp³-hybridized carbons (Fsp3) is 1.00. The molecule has 1 saturated heterocycles. The van der Waals surface area contributed by atoms with Gasteiger partial charge in [0.25, 0.3) is 0 Å². The van der Waals surface area contributed by atoms with Gasteiger partial charge in [0, 0.05) is 6.04 Å². The first kappa shape index (κ1) is 7.60. The average Bonchev–Trinajstić information content (AvgIpc) is 2.27. The maximum atomic E-state index is 2.55. The van der Waals surface area contributed by atoms with Gasteiger partial charge in [-0.1, -0.05) is 19.3 Å². The number of rotatable bonds is 2. The summed E-state index contributed by atoms with van der Waals surface area (Å²) in [4.78, 5) is 2.55. The van der Waals surface area contributed by atoms with Gasteiger partial charge in [0.05, 0.1) is 0 Å². The van der Waals surface area contributed by atoms with Crippen LogP contribution in [0.15, 0.2) is 0 Å². The van der Waals surface area contributed by atoms with Crippen molar-refractivity contribution in [2.45, 2.75) is 44.6 Å². The first-order valence-corrected chi connectivity index (χ1v) is 5.06. The highest BCUT2D eigenvalue weighted by Crippen LogP contribution is 2.33. The number of hydrogen-bond acceptors (Lipinski definition) is 1.